The van der Waals surface area contributed by atoms with Crippen LogP contribution in [0.15, 0.2) is 60.7 Å². The zero-order chi connectivity index (χ0) is 14.8. The molecule has 0 aliphatic heterocycles. The summed E-state index contributed by atoms with van der Waals surface area (Å²) in [5.74, 6) is 0.914. The minimum Gasteiger partial charge on any atom is -0.496 e. The van der Waals surface area contributed by atoms with Crippen LogP contribution in [0.5, 0.6) is 5.75 Å². The fourth-order valence-electron chi connectivity index (χ4n) is 2.54. The second-order valence-electron chi connectivity index (χ2n) is 4.82. The summed E-state index contributed by atoms with van der Waals surface area (Å²) in [5, 5.41) is 2.37. The molecule has 0 spiro atoms. The van der Waals surface area contributed by atoms with Crippen molar-refractivity contribution in [2.45, 2.75) is 4.83 Å². The number of fused-ring (bicyclic) bond motifs is 1. The van der Waals surface area contributed by atoms with E-state index in [9.17, 15) is 0 Å². The summed E-state index contributed by atoms with van der Waals surface area (Å²) in [7, 11) is 1.71. The second-order valence-corrected chi connectivity index (χ2v) is 6.98. The van der Waals surface area contributed by atoms with Crippen LogP contribution in [-0.2, 0) is 0 Å². The van der Waals surface area contributed by atoms with Gasteiger partial charge in [-0.05, 0) is 57.3 Å². The SMILES string of the molecule is COc1ccc(C(Br)c2cccc(I)c2)c2ccccc12. The quantitative estimate of drug-likeness (QED) is 0.353. The molecular weight excluding hydrogens is 439 g/mol. The van der Waals surface area contributed by atoms with Gasteiger partial charge in [0.15, 0.2) is 0 Å². The Morgan fingerprint density at radius 1 is 0.952 bits per heavy atom. The van der Waals surface area contributed by atoms with E-state index in [1.165, 1.54) is 20.1 Å². The molecule has 1 nitrogen and oxygen atoms in total. The molecule has 0 aromatic heterocycles. The highest BCUT2D eigenvalue weighted by Gasteiger charge is 2.15. The molecule has 21 heavy (non-hydrogen) atoms. The number of hydrogen-bond acceptors (Lipinski definition) is 1. The third kappa shape index (κ3) is 2.94. The van der Waals surface area contributed by atoms with Crippen molar-refractivity contribution in [3.05, 3.63) is 75.4 Å². The Morgan fingerprint density at radius 2 is 1.71 bits per heavy atom. The maximum absolute atomic E-state index is 5.47. The summed E-state index contributed by atoms with van der Waals surface area (Å²) in [4.78, 5) is 0.169. The molecule has 0 heterocycles. The van der Waals surface area contributed by atoms with Gasteiger partial charge in [-0.1, -0.05) is 58.4 Å². The first-order chi connectivity index (χ1) is 10.2. The van der Waals surface area contributed by atoms with Crippen LogP contribution in [0.1, 0.15) is 16.0 Å². The number of rotatable bonds is 3. The van der Waals surface area contributed by atoms with Crippen molar-refractivity contribution in [1.29, 1.82) is 0 Å². The van der Waals surface area contributed by atoms with Crippen LogP contribution in [0.25, 0.3) is 10.8 Å². The van der Waals surface area contributed by atoms with Gasteiger partial charge >= 0.3 is 0 Å². The summed E-state index contributed by atoms with van der Waals surface area (Å²) in [6, 6.07) is 21.1. The minimum absolute atomic E-state index is 0.169. The molecule has 0 radical (unpaired) electrons. The van der Waals surface area contributed by atoms with Crippen molar-refractivity contribution in [2.24, 2.45) is 0 Å². The van der Waals surface area contributed by atoms with Crippen molar-refractivity contribution in [3.63, 3.8) is 0 Å². The smallest absolute Gasteiger partial charge is 0.126 e. The maximum Gasteiger partial charge on any atom is 0.126 e. The molecule has 0 aliphatic rings. The molecule has 3 aromatic rings. The predicted octanol–water partition coefficient (Wildman–Crippen LogP) is 5.94. The Hall–Kier alpha value is -1.07. The number of hydrogen-bond donors (Lipinski definition) is 0. The average Bonchev–Trinajstić information content (AvgIpc) is 2.53. The summed E-state index contributed by atoms with van der Waals surface area (Å²) < 4.78 is 6.71. The van der Waals surface area contributed by atoms with Gasteiger partial charge in [-0.15, -0.1) is 0 Å². The standard InChI is InChI=1S/C18H14BrIO/c1-21-17-10-9-16(14-7-2-3-8-15(14)17)18(19)12-5-4-6-13(20)11-12/h2-11,18H,1H3. The highest BCUT2D eigenvalue weighted by molar-refractivity contribution is 14.1. The molecule has 0 bridgehead atoms. The molecule has 0 N–H and O–H groups in total. The Bertz CT molecular complexity index is 785. The minimum atomic E-state index is 0.169. The Morgan fingerprint density at radius 3 is 2.43 bits per heavy atom. The van der Waals surface area contributed by atoms with E-state index in [4.69, 9.17) is 4.74 Å². The third-order valence-electron chi connectivity index (χ3n) is 3.55. The van der Waals surface area contributed by atoms with Crippen LogP contribution < -0.4 is 4.74 Å². The van der Waals surface area contributed by atoms with Crippen LogP contribution in [0, 0.1) is 3.57 Å². The average molecular weight is 453 g/mol. The van der Waals surface area contributed by atoms with Gasteiger partial charge in [0.1, 0.15) is 5.75 Å². The van der Waals surface area contributed by atoms with Crippen LogP contribution in [0.2, 0.25) is 0 Å². The van der Waals surface area contributed by atoms with E-state index in [2.05, 4.69) is 87.1 Å². The molecule has 1 unspecified atom stereocenters. The fourth-order valence-corrected chi connectivity index (χ4v) is 3.79. The highest BCUT2D eigenvalue weighted by Crippen LogP contribution is 2.38. The lowest BCUT2D eigenvalue weighted by atomic mass is 9.98. The molecule has 3 aromatic carbocycles. The molecule has 0 amide bonds. The molecule has 1 atom stereocenters. The van der Waals surface area contributed by atoms with Crippen LogP contribution in [-0.4, -0.2) is 7.11 Å². The topological polar surface area (TPSA) is 9.23 Å². The third-order valence-corrected chi connectivity index (χ3v) is 5.24. The van der Waals surface area contributed by atoms with Crippen molar-refractivity contribution < 1.29 is 4.74 Å². The molecule has 3 rings (SSSR count). The molecule has 0 saturated heterocycles. The number of halogens is 2. The number of alkyl halides is 1. The largest absolute Gasteiger partial charge is 0.496 e. The molecular formula is C18H14BrIO. The van der Waals surface area contributed by atoms with Gasteiger partial charge in [0, 0.05) is 8.96 Å². The van der Waals surface area contributed by atoms with E-state index in [-0.39, 0.29) is 4.83 Å². The Kier molecular flexibility index (Phi) is 4.50. The van der Waals surface area contributed by atoms with Gasteiger partial charge < -0.3 is 4.74 Å². The molecule has 3 heteroatoms. The van der Waals surface area contributed by atoms with Gasteiger partial charge in [-0.3, -0.25) is 0 Å². The highest BCUT2D eigenvalue weighted by atomic mass is 127. The zero-order valence-electron chi connectivity index (χ0n) is 11.5. The van der Waals surface area contributed by atoms with Gasteiger partial charge in [-0.2, -0.15) is 0 Å². The summed E-state index contributed by atoms with van der Waals surface area (Å²) in [6.45, 7) is 0. The first-order valence-corrected chi connectivity index (χ1v) is 8.65. The first kappa shape index (κ1) is 14.9. The Balaban J connectivity index is 2.17. The lowest BCUT2D eigenvalue weighted by molar-refractivity contribution is 0.419. The zero-order valence-corrected chi connectivity index (χ0v) is 15.3. The molecule has 106 valence electrons. The van der Waals surface area contributed by atoms with Crippen LogP contribution >= 0.6 is 38.5 Å². The molecule has 0 fully saturated rings. The molecule has 0 aliphatic carbocycles. The second kappa shape index (κ2) is 6.36. The van der Waals surface area contributed by atoms with Crippen molar-refractivity contribution in [1.82, 2.24) is 0 Å². The van der Waals surface area contributed by atoms with Gasteiger partial charge in [0.2, 0.25) is 0 Å². The number of ether oxygens (including phenoxy) is 1. The van der Waals surface area contributed by atoms with Crippen molar-refractivity contribution in [3.8, 4) is 5.75 Å². The van der Waals surface area contributed by atoms with E-state index in [0.717, 1.165) is 11.1 Å². The van der Waals surface area contributed by atoms with Gasteiger partial charge in [-0.25, -0.2) is 0 Å². The van der Waals surface area contributed by atoms with Crippen LogP contribution in [0.3, 0.4) is 0 Å². The van der Waals surface area contributed by atoms with E-state index < -0.39 is 0 Å². The summed E-state index contributed by atoms with van der Waals surface area (Å²) in [6.07, 6.45) is 0. The lowest BCUT2D eigenvalue weighted by Gasteiger charge is -2.16. The predicted molar refractivity (Wildman–Crippen MR) is 100 cm³/mol. The summed E-state index contributed by atoms with van der Waals surface area (Å²) >= 11 is 6.20. The van der Waals surface area contributed by atoms with E-state index in [1.54, 1.807) is 7.11 Å². The normalized spacial score (nSPS) is 12.3. The maximum atomic E-state index is 5.47. The molecule has 0 saturated carbocycles. The van der Waals surface area contributed by atoms with E-state index in [0.29, 0.717) is 0 Å². The Labute approximate surface area is 146 Å². The lowest BCUT2D eigenvalue weighted by Crippen LogP contribution is -1.96. The first-order valence-electron chi connectivity index (χ1n) is 6.66. The van der Waals surface area contributed by atoms with Crippen LogP contribution in [0.4, 0.5) is 0 Å². The van der Waals surface area contributed by atoms with E-state index in [1.807, 2.05) is 12.1 Å². The summed E-state index contributed by atoms with van der Waals surface area (Å²) in [5.41, 5.74) is 2.52. The van der Waals surface area contributed by atoms with Gasteiger partial charge in [0.05, 0.1) is 11.9 Å². The van der Waals surface area contributed by atoms with Crippen molar-refractivity contribution in [2.75, 3.05) is 7.11 Å². The van der Waals surface area contributed by atoms with Gasteiger partial charge in [0.25, 0.3) is 0 Å². The fraction of sp³-hybridized carbons (Fsp3) is 0.111. The number of methoxy groups -OCH3 is 1. The van der Waals surface area contributed by atoms with E-state index >= 15 is 0 Å². The number of benzene rings is 3. The van der Waals surface area contributed by atoms with Crippen molar-refractivity contribution >= 4 is 49.3 Å². The monoisotopic (exact) mass is 452 g/mol.